The largest absolute Gasteiger partial charge is 0.444 e. The number of fused-ring (bicyclic) bond motifs is 4. The number of aliphatic hydroxyl groups excluding tert-OH is 1. The van der Waals surface area contributed by atoms with Gasteiger partial charge in [0.25, 0.3) is 0 Å². The van der Waals surface area contributed by atoms with Crippen LogP contribution in [0.15, 0.2) is 73.1 Å². The third kappa shape index (κ3) is 11.1. The van der Waals surface area contributed by atoms with Gasteiger partial charge in [-0.15, -0.1) is 0 Å². The molecule has 0 radical (unpaired) electrons. The fourth-order valence-electron chi connectivity index (χ4n) is 9.63. The SMILES string of the molecule is CC(C)(C)OC(=O)N1CCC(C2c3ccc(Cl)cc3C=C(CC=O)c3cccnc32)CC1.CC(C)(C)OC(=O)N1CCC(C2c3ccc(Cl)cc3C=C(CCO)c3cccnc32)CC1. The molecule has 2 saturated heterocycles. The number of hydrogen-bond donors (Lipinski definition) is 1. The van der Waals surface area contributed by atoms with Crippen LogP contribution in [-0.4, -0.2) is 87.3 Å². The maximum atomic E-state index is 12.5. The van der Waals surface area contributed by atoms with Gasteiger partial charge in [0.05, 0.1) is 11.4 Å². The monoisotopic (exact) mass is 906 g/mol. The van der Waals surface area contributed by atoms with Gasteiger partial charge < -0.3 is 29.2 Å². The standard InChI is InChI=1S/C26H31ClN2O3.C26H29ClN2O3/c2*1-26(2,3)32-25(31)29-12-8-17(9-13-29)23-21-7-6-20(27)16-19(21)15-18(10-14-30)22-5-4-11-28-24(22)23/h4-7,11,15-17,23,30H,8-10,12-14H2,1-3H3;4-7,11,14-17,23H,8-10,12-13H2,1-3H3. The number of piperidine rings is 2. The van der Waals surface area contributed by atoms with Gasteiger partial charge in [0.1, 0.15) is 17.5 Å². The van der Waals surface area contributed by atoms with Gasteiger partial charge in [-0.2, -0.15) is 0 Å². The van der Waals surface area contributed by atoms with Crippen molar-refractivity contribution in [1.29, 1.82) is 0 Å². The summed E-state index contributed by atoms with van der Waals surface area (Å²) in [6.45, 7) is 14.0. The van der Waals surface area contributed by atoms with Gasteiger partial charge in [0, 0.05) is 79.0 Å². The Bertz CT molecular complexity index is 2400. The predicted octanol–water partition coefficient (Wildman–Crippen LogP) is 11.7. The molecule has 12 heteroatoms. The summed E-state index contributed by atoms with van der Waals surface area (Å²) in [7, 11) is 0. The summed E-state index contributed by atoms with van der Waals surface area (Å²) in [5, 5.41) is 11.0. The number of halogens is 2. The van der Waals surface area contributed by atoms with Gasteiger partial charge in [-0.25, -0.2) is 9.59 Å². The highest BCUT2D eigenvalue weighted by molar-refractivity contribution is 6.31. The highest BCUT2D eigenvalue weighted by Gasteiger charge is 2.38. The lowest BCUT2D eigenvalue weighted by Crippen LogP contribution is -2.42. The minimum Gasteiger partial charge on any atom is -0.444 e. The second-order valence-corrected chi connectivity index (χ2v) is 20.0. The zero-order valence-corrected chi connectivity index (χ0v) is 39.3. The van der Waals surface area contributed by atoms with Gasteiger partial charge >= 0.3 is 12.2 Å². The predicted molar refractivity (Wildman–Crippen MR) is 254 cm³/mol. The Kier molecular flexibility index (Phi) is 14.7. The minimum absolute atomic E-state index is 0.0691. The molecule has 2 unspecified atom stereocenters. The smallest absolute Gasteiger partial charge is 0.410 e. The first kappa shape index (κ1) is 46.9. The van der Waals surface area contributed by atoms with E-state index < -0.39 is 11.2 Å². The molecule has 4 aliphatic rings. The van der Waals surface area contributed by atoms with E-state index in [0.29, 0.717) is 60.9 Å². The summed E-state index contributed by atoms with van der Waals surface area (Å²) < 4.78 is 11.1. The summed E-state index contributed by atoms with van der Waals surface area (Å²) in [4.78, 5) is 49.7. The van der Waals surface area contributed by atoms with E-state index in [4.69, 9.17) is 42.6 Å². The zero-order chi connectivity index (χ0) is 45.8. The number of carbonyl (C=O) groups is 3. The van der Waals surface area contributed by atoms with Crippen LogP contribution in [0.25, 0.3) is 23.3 Å². The summed E-state index contributed by atoms with van der Waals surface area (Å²) >= 11 is 12.7. The van der Waals surface area contributed by atoms with Crippen molar-refractivity contribution in [3.05, 3.63) is 128 Å². The van der Waals surface area contributed by atoms with Gasteiger partial charge in [-0.05, 0) is 161 Å². The Labute approximate surface area is 387 Å². The summed E-state index contributed by atoms with van der Waals surface area (Å²) in [5.74, 6) is 0.821. The average Bonchev–Trinajstić information content (AvgIpc) is 3.47. The molecule has 2 aliphatic heterocycles. The molecular formula is C52H60Cl2N4O6. The topological polar surface area (TPSA) is 122 Å². The molecule has 1 N–H and O–H groups in total. The van der Waals surface area contributed by atoms with Crippen molar-refractivity contribution in [2.24, 2.45) is 11.8 Å². The lowest BCUT2D eigenvalue weighted by molar-refractivity contribution is -0.107. The quantitative estimate of drug-likeness (QED) is 0.190. The molecule has 2 fully saturated rings. The van der Waals surface area contributed by atoms with Gasteiger partial charge in [0.15, 0.2) is 0 Å². The molecule has 2 amide bonds. The van der Waals surface area contributed by atoms with E-state index in [1.807, 2.05) is 101 Å². The van der Waals surface area contributed by atoms with Gasteiger partial charge in [-0.3, -0.25) is 9.97 Å². The first-order valence-corrected chi connectivity index (χ1v) is 23.2. The number of nitrogens with zero attached hydrogens (tertiary/aromatic N) is 4. The van der Waals surface area contributed by atoms with Crippen LogP contribution in [0.3, 0.4) is 0 Å². The van der Waals surface area contributed by atoms with Crippen molar-refractivity contribution < 1.29 is 29.0 Å². The van der Waals surface area contributed by atoms with Crippen LogP contribution in [0, 0.1) is 11.8 Å². The molecule has 0 saturated carbocycles. The number of benzene rings is 2. The molecule has 2 aromatic heterocycles. The van der Waals surface area contributed by atoms with E-state index >= 15 is 0 Å². The first-order chi connectivity index (χ1) is 30.5. The number of likely N-dealkylation sites (tertiary alicyclic amines) is 2. The van der Waals surface area contributed by atoms with Gasteiger partial charge in [0.2, 0.25) is 0 Å². The molecule has 2 aliphatic carbocycles. The fraction of sp³-hybridized carbons (Fsp3) is 0.442. The van der Waals surface area contributed by atoms with E-state index in [1.54, 1.807) is 4.90 Å². The number of aromatic nitrogens is 2. The Hall–Kier alpha value is -5.03. The summed E-state index contributed by atoms with van der Waals surface area (Å²) in [6.07, 6.45) is 12.7. The third-order valence-corrected chi connectivity index (χ3v) is 12.9. The van der Waals surface area contributed by atoms with E-state index in [-0.39, 0.29) is 30.6 Å². The Balaban J connectivity index is 0.000000191. The lowest BCUT2D eigenvalue weighted by atomic mass is 9.76. The van der Waals surface area contributed by atoms with E-state index in [9.17, 15) is 19.5 Å². The second kappa shape index (κ2) is 20.0. The molecule has 2 aromatic carbocycles. The van der Waals surface area contributed by atoms with Crippen LogP contribution in [0.2, 0.25) is 10.0 Å². The summed E-state index contributed by atoms with van der Waals surface area (Å²) in [5.41, 5.74) is 9.69. The van der Waals surface area contributed by atoms with Gasteiger partial charge in [-0.1, -0.05) is 59.6 Å². The van der Waals surface area contributed by atoms with E-state index in [1.165, 1.54) is 11.1 Å². The van der Waals surface area contributed by atoms with Crippen molar-refractivity contribution >= 4 is 65.0 Å². The molecule has 64 heavy (non-hydrogen) atoms. The number of allylic oxidation sites excluding steroid dienone is 1. The van der Waals surface area contributed by atoms with Crippen LogP contribution in [0.5, 0.6) is 0 Å². The number of amides is 2. The van der Waals surface area contributed by atoms with Crippen molar-refractivity contribution in [2.45, 2.75) is 103 Å². The first-order valence-electron chi connectivity index (χ1n) is 22.4. The highest BCUT2D eigenvalue weighted by atomic mass is 35.5. The number of rotatable bonds is 6. The summed E-state index contributed by atoms with van der Waals surface area (Å²) in [6, 6.07) is 20.0. The van der Waals surface area contributed by atoms with E-state index in [0.717, 1.165) is 76.8 Å². The molecular weight excluding hydrogens is 847 g/mol. The Morgan fingerprint density at radius 2 is 1.11 bits per heavy atom. The molecule has 2 atom stereocenters. The fourth-order valence-corrected chi connectivity index (χ4v) is 9.99. The number of hydrogen-bond acceptors (Lipinski definition) is 8. The number of aldehydes is 1. The Morgan fingerprint density at radius 1 is 0.688 bits per heavy atom. The van der Waals surface area contributed by atoms with Crippen molar-refractivity contribution in [3.8, 4) is 0 Å². The second-order valence-electron chi connectivity index (χ2n) is 19.2. The van der Waals surface area contributed by atoms with Crippen molar-refractivity contribution in [3.63, 3.8) is 0 Å². The van der Waals surface area contributed by atoms with Crippen molar-refractivity contribution in [1.82, 2.24) is 19.8 Å². The van der Waals surface area contributed by atoms with Crippen LogP contribution in [0.1, 0.15) is 137 Å². The molecule has 0 bridgehead atoms. The van der Waals surface area contributed by atoms with E-state index in [2.05, 4.69) is 30.4 Å². The number of aliphatic hydroxyl groups is 1. The molecule has 4 heterocycles. The minimum atomic E-state index is -0.503. The zero-order valence-electron chi connectivity index (χ0n) is 37.8. The normalized spacial score (nSPS) is 18.9. The molecule has 4 aromatic rings. The highest BCUT2D eigenvalue weighted by Crippen LogP contribution is 2.47. The van der Waals surface area contributed by atoms with Crippen LogP contribution in [-0.2, 0) is 14.3 Å². The number of carbonyl (C=O) groups excluding carboxylic acids is 3. The van der Waals surface area contributed by atoms with Crippen molar-refractivity contribution in [2.75, 3.05) is 32.8 Å². The Morgan fingerprint density at radius 3 is 1.52 bits per heavy atom. The molecule has 8 rings (SSSR count). The van der Waals surface area contributed by atoms with Crippen LogP contribution >= 0.6 is 23.2 Å². The molecule has 0 spiro atoms. The van der Waals surface area contributed by atoms with Crippen LogP contribution in [0.4, 0.5) is 9.59 Å². The lowest BCUT2D eigenvalue weighted by Gasteiger charge is -2.37. The molecule has 338 valence electrons. The van der Waals surface area contributed by atoms with Crippen LogP contribution < -0.4 is 0 Å². The molecule has 10 nitrogen and oxygen atoms in total. The number of ether oxygens (including phenoxy) is 2. The third-order valence-electron chi connectivity index (χ3n) is 12.4. The maximum absolute atomic E-state index is 12.5. The number of pyridine rings is 2. The maximum Gasteiger partial charge on any atom is 0.410 e. The average molecular weight is 908 g/mol.